The van der Waals surface area contributed by atoms with Gasteiger partial charge >= 0.3 is 20.1 Å². The first kappa shape index (κ1) is 59.8. The van der Waals surface area contributed by atoms with Crippen molar-refractivity contribution in [2.45, 2.75) is 0 Å². The Kier molecular flexibility index (Phi) is 15.0. The Morgan fingerprint density at radius 2 is 0.470 bits per heavy atom. The van der Waals surface area contributed by atoms with Gasteiger partial charge in [-0.25, -0.2) is 0 Å². The molecule has 6 aromatic heterocycles. The van der Waals surface area contributed by atoms with Crippen LogP contribution in [0.15, 0.2) is 341 Å². The Morgan fingerprint density at radius 3 is 0.770 bits per heavy atom. The van der Waals surface area contributed by atoms with Crippen molar-refractivity contribution in [1.29, 1.82) is 0 Å². The standard InChI is InChI=1S/C93H54N3O3.Ir/c1-4-25-67(70-46-43-58(85-37-13-16-49-94-85)55-82(70)79-34-19-31-76-73-28-7-10-40-88(73)97-91(76)79)64(22-1)61-52-62(65-23-2-5-26-68(65)71-47-44-59(86-38-14-17-50-95-86)56-83(71)80-35-20-32-77-74-29-8-11-41-89(74)98-92(77)80)54-63(53-61)66-24-3-6-27-69(66)72-48-45-60(87-39-15-18-51-96-87)57-84(72)81-36-21-33-78-75-30-9-12-42-90(75)99-93(78)81;/h1-42,46-57H;/q-3;+3. The van der Waals surface area contributed by atoms with Crippen LogP contribution in [-0.2, 0) is 20.1 Å². The SMILES string of the molecule is [Ir+3].[c-]1cc(-c2ccccc2-c2cc(-c3ccccc3-c3c[c-]c(-c4ccccn4)cc3-c3cccc4c3oc3ccccc34)cc(-c3ccccc3-c3c[c-]c(-c4ccccn4)cc3-c3cccc4c3oc3ccccc34)c2)c(-c2cccc3c2oc2ccccc23)cc1-c1ccccn1. The van der Waals surface area contributed by atoms with Crippen LogP contribution in [0.4, 0.5) is 0 Å². The predicted molar refractivity (Wildman–Crippen MR) is 403 cm³/mol. The molecule has 0 atom stereocenters. The zero-order chi connectivity index (χ0) is 65.3. The van der Waals surface area contributed by atoms with Crippen LogP contribution in [0.1, 0.15) is 0 Å². The van der Waals surface area contributed by atoms with E-state index in [9.17, 15) is 0 Å². The van der Waals surface area contributed by atoms with Crippen LogP contribution in [0.25, 0.3) is 200 Å². The number of para-hydroxylation sites is 6. The number of hydrogen-bond donors (Lipinski definition) is 0. The van der Waals surface area contributed by atoms with E-state index < -0.39 is 0 Å². The Hall–Kier alpha value is -12.6. The van der Waals surface area contributed by atoms with Crippen LogP contribution in [0.5, 0.6) is 0 Å². The molecule has 0 aliphatic carbocycles. The van der Waals surface area contributed by atoms with E-state index in [0.717, 1.165) is 200 Å². The van der Waals surface area contributed by atoms with Crippen LogP contribution in [0, 0.1) is 18.2 Å². The third-order valence-electron chi connectivity index (χ3n) is 19.3. The normalized spacial score (nSPS) is 11.5. The van der Waals surface area contributed by atoms with E-state index in [2.05, 4.69) is 237 Å². The Labute approximate surface area is 590 Å². The van der Waals surface area contributed by atoms with Crippen molar-refractivity contribution in [1.82, 2.24) is 15.0 Å². The molecule has 0 bridgehead atoms. The van der Waals surface area contributed by atoms with Crippen molar-refractivity contribution >= 4 is 65.8 Å². The third-order valence-corrected chi connectivity index (χ3v) is 19.3. The maximum absolute atomic E-state index is 6.87. The van der Waals surface area contributed by atoms with Gasteiger partial charge in [-0.05, 0) is 105 Å². The minimum atomic E-state index is 0. The van der Waals surface area contributed by atoms with Gasteiger partial charge in [-0.1, -0.05) is 268 Å². The van der Waals surface area contributed by atoms with Crippen molar-refractivity contribution in [2.24, 2.45) is 0 Å². The zero-order valence-corrected chi connectivity index (χ0v) is 56.0. The Bertz CT molecular complexity index is 5740. The van der Waals surface area contributed by atoms with Crippen molar-refractivity contribution in [3.8, 4) is 134 Å². The topological polar surface area (TPSA) is 78.1 Å². The number of fused-ring (bicyclic) bond motifs is 9. The average Bonchev–Trinajstić information content (AvgIpc) is 1.36. The molecule has 468 valence electrons. The molecule has 0 unspecified atom stereocenters. The fourth-order valence-corrected chi connectivity index (χ4v) is 14.7. The first-order valence-corrected chi connectivity index (χ1v) is 33.2. The molecule has 19 aromatic rings. The molecule has 6 heterocycles. The van der Waals surface area contributed by atoms with Crippen LogP contribution >= 0.6 is 0 Å². The summed E-state index contributed by atoms with van der Waals surface area (Å²) in [5, 5.41) is 6.34. The van der Waals surface area contributed by atoms with Gasteiger partial charge in [0.1, 0.15) is 33.5 Å². The molecule has 0 saturated carbocycles. The van der Waals surface area contributed by atoms with E-state index in [4.69, 9.17) is 28.2 Å². The fraction of sp³-hybridized carbons (Fsp3) is 0. The van der Waals surface area contributed by atoms with Gasteiger partial charge in [0.05, 0.1) is 0 Å². The summed E-state index contributed by atoms with van der Waals surface area (Å²) in [6, 6.07) is 120. The summed E-state index contributed by atoms with van der Waals surface area (Å²) in [5.41, 5.74) is 28.1. The number of aromatic nitrogens is 3. The van der Waals surface area contributed by atoms with Crippen LogP contribution in [-0.4, -0.2) is 15.0 Å². The van der Waals surface area contributed by atoms with Gasteiger partial charge in [-0.15, -0.1) is 71.3 Å². The molecule has 0 N–H and O–H groups in total. The molecule has 0 amide bonds. The van der Waals surface area contributed by atoms with Gasteiger partial charge in [-0.3, -0.25) is 0 Å². The summed E-state index contributed by atoms with van der Waals surface area (Å²) in [6.07, 6.45) is 5.51. The molecule has 0 spiro atoms. The van der Waals surface area contributed by atoms with E-state index in [0.29, 0.717) is 0 Å². The smallest absolute Gasteiger partial charge is 0.455 e. The van der Waals surface area contributed by atoms with E-state index in [1.54, 1.807) is 0 Å². The molecule has 0 fully saturated rings. The second-order valence-electron chi connectivity index (χ2n) is 24.9. The second-order valence-corrected chi connectivity index (χ2v) is 24.9. The molecule has 0 saturated heterocycles. The fourth-order valence-electron chi connectivity index (χ4n) is 14.7. The minimum absolute atomic E-state index is 0. The van der Waals surface area contributed by atoms with E-state index >= 15 is 0 Å². The summed E-state index contributed by atoms with van der Waals surface area (Å²) in [6.45, 7) is 0. The van der Waals surface area contributed by atoms with Gasteiger partial charge < -0.3 is 28.2 Å². The molecule has 13 aromatic carbocycles. The zero-order valence-electron chi connectivity index (χ0n) is 53.6. The number of benzene rings is 13. The van der Waals surface area contributed by atoms with Gasteiger partial charge in [-0.2, -0.15) is 0 Å². The predicted octanol–water partition coefficient (Wildman–Crippen LogP) is 25.0. The van der Waals surface area contributed by atoms with Crippen LogP contribution in [0.2, 0.25) is 0 Å². The Balaban J connectivity index is 0.00000720. The molecular formula is C93H54IrN3O3. The molecule has 0 radical (unpaired) electrons. The quantitative estimate of drug-likeness (QED) is 0.113. The van der Waals surface area contributed by atoms with Crippen molar-refractivity contribution < 1.29 is 33.4 Å². The first-order chi connectivity index (χ1) is 49.1. The van der Waals surface area contributed by atoms with Gasteiger partial charge in [0.2, 0.25) is 0 Å². The number of nitrogens with zero attached hydrogens (tertiary/aromatic N) is 3. The molecule has 0 aliphatic rings. The number of pyridine rings is 3. The second kappa shape index (κ2) is 25.1. The monoisotopic (exact) mass is 1450 g/mol. The maximum Gasteiger partial charge on any atom is 3.00 e. The summed E-state index contributed by atoms with van der Waals surface area (Å²) in [7, 11) is 0. The van der Waals surface area contributed by atoms with E-state index in [1.807, 2.05) is 110 Å². The molecular weight excluding hydrogens is 1400 g/mol. The molecule has 0 aliphatic heterocycles. The van der Waals surface area contributed by atoms with Gasteiger partial charge in [0.15, 0.2) is 0 Å². The van der Waals surface area contributed by atoms with Crippen molar-refractivity contribution in [3.05, 3.63) is 346 Å². The van der Waals surface area contributed by atoms with Gasteiger partial charge in [0, 0.05) is 67.6 Å². The van der Waals surface area contributed by atoms with Crippen molar-refractivity contribution in [3.63, 3.8) is 0 Å². The van der Waals surface area contributed by atoms with E-state index in [-0.39, 0.29) is 20.1 Å². The summed E-state index contributed by atoms with van der Waals surface area (Å²) in [5.74, 6) is 0. The maximum atomic E-state index is 6.87. The minimum Gasteiger partial charge on any atom is -0.455 e. The van der Waals surface area contributed by atoms with Crippen LogP contribution in [0.3, 0.4) is 0 Å². The number of hydrogen-bond acceptors (Lipinski definition) is 6. The summed E-state index contributed by atoms with van der Waals surface area (Å²) < 4.78 is 20.6. The Morgan fingerprint density at radius 1 is 0.210 bits per heavy atom. The summed E-state index contributed by atoms with van der Waals surface area (Å²) in [4.78, 5) is 14.5. The third kappa shape index (κ3) is 10.3. The molecule has 7 heteroatoms. The molecule has 19 rings (SSSR count). The average molecular weight is 1450 g/mol. The number of furan rings is 3. The van der Waals surface area contributed by atoms with Crippen molar-refractivity contribution in [2.75, 3.05) is 0 Å². The summed E-state index contributed by atoms with van der Waals surface area (Å²) >= 11 is 0. The molecule has 100 heavy (non-hydrogen) atoms. The van der Waals surface area contributed by atoms with E-state index in [1.165, 1.54) is 0 Å². The van der Waals surface area contributed by atoms with Crippen LogP contribution < -0.4 is 0 Å². The first-order valence-electron chi connectivity index (χ1n) is 33.2. The molecule has 6 nitrogen and oxygen atoms in total. The largest absolute Gasteiger partial charge is 3.00 e. The number of rotatable bonds is 12. The van der Waals surface area contributed by atoms with Gasteiger partial charge in [0.25, 0.3) is 0 Å².